The SMILES string of the molecule is [C-]#[N+]c1cc2c(N3CCCC(C)(CNS(C)(=O)=O)C3)ncnc2cc1F. The Hall–Kier alpha value is -2.31. The van der Waals surface area contributed by atoms with E-state index in [9.17, 15) is 12.8 Å². The van der Waals surface area contributed by atoms with Gasteiger partial charge in [-0.05, 0) is 30.4 Å². The lowest BCUT2D eigenvalue weighted by Gasteiger charge is -2.41. The quantitative estimate of drug-likeness (QED) is 0.828. The van der Waals surface area contributed by atoms with Gasteiger partial charge in [0.25, 0.3) is 0 Å². The first-order valence-electron chi connectivity index (χ1n) is 8.22. The third-order valence-corrected chi connectivity index (χ3v) is 5.31. The second-order valence-corrected chi connectivity index (χ2v) is 8.89. The largest absolute Gasteiger partial charge is 0.355 e. The maximum Gasteiger partial charge on any atom is 0.222 e. The molecule has 1 atom stereocenters. The molecule has 1 fully saturated rings. The summed E-state index contributed by atoms with van der Waals surface area (Å²) in [5, 5.41) is 0.625. The highest BCUT2D eigenvalue weighted by molar-refractivity contribution is 7.88. The molecule has 2 aromatic rings. The number of fused-ring (bicyclic) bond motifs is 1. The number of nitrogens with one attached hydrogen (secondary N) is 1. The molecule has 0 amide bonds. The van der Waals surface area contributed by atoms with Crippen LogP contribution in [0.25, 0.3) is 15.7 Å². The van der Waals surface area contributed by atoms with Crippen LogP contribution in [0.1, 0.15) is 19.8 Å². The Balaban J connectivity index is 1.94. The van der Waals surface area contributed by atoms with Crippen LogP contribution in [0.5, 0.6) is 0 Å². The van der Waals surface area contributed by atoms with Gasteiger partial charge in [0.15, 0.2) is 0 Å². The molecule has 26 heavy (non-hydrogen) atoms. The Morgan fingerprint density at radius 2 is 2.19 bits per heavy atom. The first kappa shape index (κ1) is 18.5. The van der Waals surface area contributed by atoms with Crippen LogP contribution in [-0.2, 0) is 10.0 Å². The molecule has 2 heterocycles. The van der Waals surface area contributed by atoms with Gasteiger partial charge in [0, 0.05) is 25.0 Å². The number of aromatic nitrogens is 2. The fourth-order valence-electron chi connectivity index (χ4n) is 3.34. The summed E-state index contributed by atoms with van der Waals surface area (Å²) in [7, 11) is -3.26. The zero-order valence-corrected chi connectivity index (χ0v) is 15.5. The molecule has 0 aliphatic carbocycles. The lowest BCUT2D eigenvalue weighted by Crippen LogP contribution is -2.48. The minimum atomic E-state index is -3.26. The summed E-state index contributed by atoms with van der Waals surface area (Å²) in [6, 6.07) is 2.73. The fourth-order valence-corrected chi connectivity index (χ4v) is 3.95. The topological polar surface area (TPSA) is 79.5 Å². The Kier molecular flexibility index (Phi) is 4.82. The van der Waals surface area contributed by atoms with E-state index in [0.717, 1.165) is 25.6 Å². The van der Waals surface area contributed by atoms with E-state index in [0.29, 0.717) is 29.8 Å². The van der Waals surface area contributed by atoms with Crippen molar-refractivity contribution in [1.29, 1.82) is 0 Å². The normalized spacial score (nSPS) is 20.9. The second kappa shape index (κ2) is 6.78. The molecule has 138 valence electrons. The van der Waals surface area contributed by atoms with E-state index in [1.807, 2.05) is 6.92 Å². The molecule has 9 heteroatoms. The number of halogens is 1. The standard InChI is InChI=1S/C17H20FN5O2S/c1-17(9-22-26(3,24)25)5-4-6-23(10-17)16-12-7-15(19-2)13(18)8-14(12)20-11-21-16/h7-8,11,22H,4-6,9-10H2,1,3H3. The van der Waals surface area contributed by atoms with Gasteiger partial charge in [0.2, 0.25) is 15.7 Å². The van der Waals surface area contributed by atoms with E-state index in [1.54, 1.807) is 0 Å². The first-order valence-corrected chi connectivity index (χ1v) is 10.1. The molecular weight excluding hydrogens is 357 g/mol. The van der Waals surface area contributed by atoms with E-state index < -0.39 is 15.8 Å². The molecule has 1 aliphatic heterocycles. The molecule has 0 saturated carbocycles. The Morgan fingerprint density at radius 3 is 2.88 bits per heavy atom. The molecule has 0 spiro atoms. The van der Waals surface area contributed by atoms with Crippen molar-refractivity contribution in [2.45, 2.75) is 19.8 Å². The average Bonchev–Trinajstić information content (AvgIpc) is 2.58. The summed E-state index contributed by atoms with van der Waals surface area (Å²) in [5.74, 6) is 0.0446. The number of anilines is 1. The van der Waals surface area contributed by atoms with Gasteiger partial charge >= 0.3 is 0 Å². The molecule has 1 aromatic heterocycles. The number of sulfonamides is 1. The van der Waals surface area contributed by atoms with Crippen molar-refractivity contribution in [1.82, 2.24) is 14.7 Å². The van der Waals surface area contributed by atoms with Crippen LogP contribution < -0.4 is 9.62 Å². The molecule has 0 bridgehead atoms. The lowest BCUT2D eigenvalue weighted by atomic mass is 9.82. The molecule has 1 aliphatic rings. The van der Waals surface area contributed by atoms with Crippen LogP contribution >= 0.6 is 0 Å². The monoisotopic (exact) mass is 377 g/mol. The van der Waals surface area contributed by atoms with Crippen LogP contribution in [0, 0.1) is 17.8 Å². The van der Waals surface area contributed by atoms with Crippen LogP contribution in [0.3, 0.4) is 0 Å². The third-order valence-electron chi connectivity index (χ3n) is 4.64. The van der Waals surface area contributed by atoms with Crippen LogP contribution in [0.2, 0.25) is 0 Å². The number of hydrogen-bond acceptors (Lipinski definition) is 5. The molecule has 1 aromatic carbocycles. The van der Waals surface area contributed by atoms with Crippen LogP contribution in [-0.4, -0.2) is 44.3 Å². The van der Waals surface area contributed by atoms with Crippen LogP contribution in [0.15, 0.2) is 18.5 Å². The number of piperidine rings is 1. The number of hydrogen-bond donors (Lipinski definition) is 1. The summed E-state index contributed by atoms with van der Waals surface area (Å²) in [5.41, 5.74) is 0.134. The molecular formula is C17H20FN5O2S. The van der Waals surface area contributed by atoms with Gasteiger partial charge in [0.05, 0.1) is 18.3 Å². The van der Waals surface area contributed by atoms with Gasteiger partial charge in [-0.1, -0.05) is 6.92 Å². The Bertz CT molecular complexity index is 989. The molecule has 1 saturated heterocycles. The van der Waals surface area contributed by atoms with E-state index in [2.05, 4.69) is 24.4 Å². The second-order valence-electron chi connectivity index (χ2n) is 7.06. The minimum absolute atomic E-state index is 0.0629. The van der Waals surface area contributed by atoms with Crippen molar-refractivity contribution in [3.63, 3.8) is 0 Å². The predicted octanol–water partition coefficient (Wildman–Crippen LogP) is 2.48. The molecule has 1 unspecified atom stereocenters. The highest BCUT2D eigenvalue weighted by atomic mass is 32.2. The summed E-state index contributed by atoms with van der Waals surface area (Å²) in [6.07, 6.45) is 4.30. The van der Waals surface area contributed by atoms with Crippen LogP contribution in [0.4, 0.5) is 15.9 Å². The summed E-state index contributed by atoms with van der Waals surface area (Å²) in [6.45, 7) is 10.8. The molecule has 3 rings (SSSR count). The van der Waals surface area contributed by atoms with Gasteiger partial charge in [-0.2, -0.15) is 0 Å². The van der Waals surface area contributed by atoms with Crippen molar-refractivity contribution in [3.05, 3.63) is 35.7 Å². The Morgan fingerprint density at radius 1 is 1.42 bits per heavy atom. The molecule has 0 radical (unpaired) electrons. The van der Waals surface area contributed by atoms with E-state index in [1.165, 1.54) is 18.5 Å². The third kappa shape index (κ3) is 3.92. The predicted molar refractivity (Wildman–Crippen MR) is 98.2 cm³/mol. The van der Waals surface area contributed by atoms with E-state index in [4.69, 9.17) is 6.57 Å². The highest BCUT2D eigenvalue weighted by Gasteiger charge is 2.33. The zero-order chi connectivity index (χ0) is 18.9. The highest BCUT2D eigenvalue weighted by Crippen LogP contribution is 2.35. The summed E-state index contributed by atoms with van der Waals surface area (Å²) < 4.78 is 39.3. The van der Waals surface area contributed by atoms with Gasteiger partial charge < -0.3 is 4.90 Å². The van der Waals surface area contributed by atoms with Crippen molar-refractivity contribution in [2.24, 2.45) is 5.41 Å². The maximum absolute atomic E-state index is 13.9. The minimum Gasteiger partial charge on any atom is -0.355 e. The molecule has 1 N–H and O–H groups in total. The van der Waals surface area contributed by atoms with E-state index >= 15 is 0 Å². The van der Waals surface area contributed by atoms with Gasteiger partial charge in [-0.15, -0.1) is 0 Å². The smallest absolute Gasteiger partial charge is 0.222 e. The first-order chi connectivity index (χ1) is 12.2. The summed E-state index contributed by atoms with van der Waals surface area (Å²) >= 11 is 0. The fraction of sp³-hybridized carbons (Fsp3) is 0.471. The van der Waals surface area contributed by atoms with Crippen molar-refractivity contribution in [2.75, 3.05) is 30.8 Å². The van der Waals surface area contributed by atoms with E-state index in [-0.39, 0.29) is 11.1 Å². The lowest BCUT2D eigenvalue weighted by molar-refractivity contribution is 0.262. The molecule has 7 nitrogen and oxygen atoms in total. The van der Waals surface area contributed by atoms with Crippen molar-refractivity contribution >= 4 is 32.4 Å². The van der Waals surface area contributed by atoms with Crippen molar-refractivity contribution < 1.29 is 12.8 Å². The van der Waals surface area contributed by atoms with Gasteiger partial charge in [0.1, 0.15) is 18.0 Å². The van der Waals surface area contributed by atoms with Gasteiger partial charge in [-0.3, -0.25) is 0 Å². The Labute approximate surface area is 152 Å². The summed E-state index contributed by atoms with van der Waals surface area (Å²) in [4.78, 5) is 13.7. The number of rotatable bonds is 4. The number of nitrogens with zero attached hydrogens (tertiary/aromatic N) is 4. The van der Waals surface area contributed by atoms with Gasteiger partial charge in [-0.25, -0.2) is 32.3 Å². The average molecular weight is 377 g/mol. The number of benzene rings is 1. The zero-order valence-electron chi connectivity index (χ0n) is 14.7. The maximum atomic E-state index is 13.9. The van der Waals surface area contributed by atoms with Crippen molar-refractivity contribution in [3.8, 4) is 0 Å².